The molecule has 0 aliphatic carbocycles. The number of likely N-dealkylation sites (tertiary alicyclic amines) is 1. The summed E-state index contributed by atoms with van der Waals surface area (Å²) in [6.45, 7) is 5.34. The van der Waals surface area contributed by atoms with E-state index in [2.05, 4.69) is 4.90 Å². The Morgan fingerprint density at radius 1 is 1.29 bits per heavy atom. The smallest absolute Gasteiger partial charge is 0.133 e. The molecular formula is C13H17F2NO. The molecule has 1 fully saturated rings. The van der Waals surface area contributed by atoms with Crippen LogP contribution in [0.1, 0.15) is 25.3 Å². The first-order valence-electron chi connectivity index (χ1n) is 5.81. The quantitative estimate of drug-likeness (QED) is 0.806. The summed E-state index contributed by atoms with van der Waals surface area (Å²) in [5.41, 5.74) is 0.459. The van der Waals surface area contributed by atoms with Gasteiger partial charge >= 0.3 is 0 Å². The minimum absolute atomic E-state index is 0.0246. The molecule has 0 aromatic heterocycles. The molecule has 2 nitrogen and oxygen atoms in total. The van der Waals surface area contributed by atoms with Gasteiger partial charge in [0, 0.05) is 30.8 Å². The van der Waals surface area contributed by atoms with E-state index in [0.29, 0.717) is 11.3 Å². The van der Waals surface area contributed by atoms with E-state index < -0.39 is 11.6 Å². The first kappa shape index (κ1) is 12.3. The fraction of sp³-hybridized carbons (Fsp3) is 0.538. The van der Waals surface area contributed by atoms with Crippen molar-refractivity contribution in [3.05, 3.63) is 29.3 Å². The number of ether oxygens (including phenoxy) is 1. The topological polar surface area (TPSA) is 12.5 Å². The third kappa shape index (κ3) is 2.57. The number of nitrogens with zero attached hydrogens (tertiary/aromatic N) is 1. The Bertz CT molecular complexity index is 414. The zero-order valence-corrected chi connectivity index (χ0v) is 10.3. The Kier molecular flexibility index (Phi) is 3.33. The molecule has 1 aliphatic rings. The Morgan fingerprint density at radius 3 is 2.47 bits per heavy atom. The lowest BCUT2D eigenvalue weighted by molar-refractivity contribution is 0.0375. The molecule has 1 aromatic carbocycles. The van der Waals surface area contributed by atoms with Crippen molar-refractivity contribution in [2.24, 2.45) is 0 Å². The van der Waals surface area contributed by atoms with E-state index in [9.17, 15) is 8.78 Å². The lowest BCUT2D eigenvalue weighted by atomic mass is 10.0. The summed E-state index contributed by atoms with van der Waals surface area (Å²) >= 11 is 0. The van der Waals surface area contributed by atoms with Crippen molar-refractivity contribution in [2.75, 3.05) is 20.1 Å². The summed E-state index contributed by atoms with van der Waals surface area (Å²) in [4.78, 5) is 2.09. The van der Waals surface area contributed by atoms with Crippen LogP contribution in [0.15, 0.2) is 12.1 Å². The van der Waals surface area contributed by atoms with E-state index in [1.165, 1.54) is 6.07 Å². The van der Waals surface area contributed by atoms with Crippen LogP contribution in [-0.2, 0) is 0 Å². The lowest BCUT2D eigenvalue weighted by Gasteiger charge is -2.36. The SMILES string of the molecule is CC(C)c1c(F)cc(F)cc1OC1CN(C)C1. The summed E-state index contributed by atoms with van der Waals surface area (Å²) in [7, 11) is 1.98. The Morgan fingerprint density at radius 2 is 1.94 bits per heavy atom. The molecule has 0 spiro atoms. The molecule has 0 unspecified atom stereocenters. The maximum absolute atomic E-state index is 13.7. The van der Waals surface area contributed by atoms with Gasteiger partial charge in [0.1, 0.15) is 23.5 Å². The maximum Gasteiger partial charge on any atom is 0.133 e. The van der Waals surface area contributed by atoms with E-state index in [1.807, 2.05) is 20.9 Å². The predicted molar refractivity (Wildman–Crippen MR) is 62.4 cm³/mol. The summed E-state index contributed by atoms with van der Waals surface area (Å²) < 4.78 is 32.5. The Hall–Kier alpha value is -1.16. The molecule has 0 atom stereocenters. The summed E-state index contributed by atoms with van der Waals surface area (Å²) in [5, 5.41) is 0. The maximum atomic E-state index is 13.7. The second-order valence-electron chi connectivity index (χ2n) is 4.92. The van der Waals surface area contributed by atoms with E-state index >= 15 is 0 Å². The minimum Gasteiger partial charge on any atom is -0.487 e. The van der Waals surface area contributed by atoms with Crippen LogP contribution in [0.5, 0.6) is 5.75 Å². The van der Waals surface area contributed by atoms with Gasteiger partial charge in [-0.15, -0.1) is 0 Å². The highest BCUT2D eigenvalue weighted by molar-refractivity contribution is 5.38. The van der Waals surface area contributed by atoms with Gasteiger partial charge in [0.25, 0.3) is 0 Å². The molecule has 4 heteroatoms. The fourth-order valence-corrected chi connectivity index (χ4v) is 2.11. The van der Waals surface area contributed by atoms with Crippen LogP contribution in [0.2, 0.25) is 0 Å². The molecule has 1 heterocycles. The van der Waals surface area contributed by atoms with Crippen molar-refractivity contribution < 1.29 is 13.5 Å². The summed E-state index contributed by atoms with van der Waals surface area (Å²) in [6.07, 6.45) is 0.0405. The average molecular weight is 241 g/mol. The highest BCUT2D eigenvalue weighted by atomic mass is 19.1. The highest BCUT2D eigenvalue weighted by Crippen LogP contribution is 2.31. The molecule has 94 valence electrons. The fourth-order valence-electron chi connectivity index (χ4n) is 2.11. The first-order valence-corrected chi connectivity index (χ1v) is 5.81. The van der Waals surface area contributed by atoms with Crippen molar-refractivity contribution in [1.82, 2.24) is 4.90 Å². The Labute approximate surface area is 100 Å². The molecule has 0 saturated carbocycles. The number of halogens is 2. The van der Waals surface area contributed by atoms with Gasteiger partial charge in [-0.1, -0.05) is 13.8 Å². The lowest BCUT2D eigenvalue weighted by Crippen LogP contribution is -2.51. The van der Waals surface area contributed by atoms with Gasteiger partial charge in [0.2, 0.25) is 0 Å². The third-order valence-electron chi connectivity index (χ3n) is 2.96. The normalized spacial score (nSPS) is 17.3. The molecule has 1 aromatic rings. The molecule has 0 bridgehead atoms. The molecular weight excluding hydrogens is 224 g/mol. The van der Waals surface area contributed by atoms with Gasteiger partial charge in [-0.25, -0.2) is 8.78 Å². The first-order chi connectivity index (χ1) is 7.97. The minimum atomic E-state index is -0.588. The number of benzene rings is 1. The summed E-state index contributed by atoms with van der Waals surface area (Å²) in [6, 6.07) is 2.19. The largest absolute Gasteiger partial charge is 0.487 e. The van der Waals surface area contributed by atoms with Gasteiger partial charge in [-0.05, 0) is 13.0 Å². The second kappa shape index (κ2) is 4.61. The van der Waals surface area contributed by atoms with Crippen LogP contribution >= 0.6 is 0 Å². The zero-order valence-electron chi connectivity index (χ0n) is 10.3. The van der Waals surface area contributed by atoms with Crippen molar-refractivity contribution in [3.63, 3.8) is 0 Å². The van der Waals surface area contributed by atoms with E-state index in [4.69, 9.17) is 4.74 Å². The Balaban J connectivity index is 2.24. The molecule has 0 N–H and O–H groups in total. The second-order valence-corrected chi connectivity index (χ2v) is 4.92. The molecule has 1 aliphatic heterocycles. The van der Waals surface area contributed by atoms with Crippen molar-refractivity contribution >= 4 is 0 Å². The number of likely N-dealkylation sites (N-methyl/N-ethyl adjacent to an activating group) is 1. The monoisotopic (exact) mass is 241 g/mol. The van der Waals surface area contributed by atoms with Crippen LogP contribution in [0, 0.1) is 11.6 Å². The zero-order chi connectivity index (χ0) is 12.6. The van der Waals surface area contributed by atoms with Gasteiger partial charge in [0.05, 0.1) is 0 Å². The van der Waals surface area contributed by atoms with Gasteiger partial charge < -0.3 is 4.74 Å². The van der Waals surface area contributed by atoms with Crippen LogP contribution in [0.25, 0.3) is 0 Å². The molecule has 17 heavy (non-hydrogen) atoms. The van der Waals surface area contributed by atoms with Crippen LogP contribution in [0.4, 0.5) is 8.78 Å². The van der Waals surface area contributed by atoms with E-state index in [-0.39, 0.29) is 12.0 Å². The van der Waals surface area contributed by atoms with Gasteiger partial charge in [-0.2, -0.15) is 0 Å². The third-order valence-corrected chi connectivity index (χ3v) is 2.96. The standard InChI is InChI=1S/C13H17F2NO/c1-8(2)13-11(15)4-9(14)5-12(13)17-10-6-16(3)7-10/h4-5,8,10H,6-7H2,1-3H3. The number of hydrogen-bond donors (Lipinski definition) is 0. The molecule has 0 amide bonds. The van der Waals surface area contributed by atoms with Crippen molar-refractivity contribution in [3.8, 4) is 5.75 Å². The molecule has 1 saturated heterocycles. The van der Waals surface area contributed by atoms with Gasteiger partial charge in [-0.3, -0.25) is 4.90 Å². The van der Waals surface area contributed by atoms with Crippen LogP contribution < -0.4 is 4.74 Å². The van der Waals surface area contributed by atoms with Crippen molar-refractivity contribution in [2.45, 2.75) is 25.9 Å². The predicted octanol–water partition coefficient (Wildman–Crippen LogP) is 2.78. The van der Waals surface area contributed by atoms with Crippen LogP contribution in [-0.4, -0.2) is 31.1 Å². The van der Waals surface area contributed by atoms with E-state index in [0.717, 1.165) is 19.2 Å². The average Bonchev–Trinajstić information content (AvgIpc) is 2.13. The number of hydrogen-bond acceptors (Lipinski definition) is 2. The highest BCUT2D eigenvalue weighted by Gasteiger charge is 2.27. The molecule has 2 rings (SSSR count). The van der Waals surface area contributed by atoms with Gasteiger partial charge in [0.15, 0.2) is 0 Å². The summed E-state index contributed by atoms with van der Waals surface area (Å²) in [5.74, 6) is -0.795. The van der Waals surface area contributed by atoms with Crippen molar-refractivity contribution in [1.29, 1.82) is 0 Å². The van der Waals surface area contributed by atoms with E-state index in [1.54, 1.807) is 0 Å². The number of rotatable bonds is 3. The molecule has 0 radical (unpaired) electrons. The van der Waals surface area contributed by atoms with Crippen LogP contribution in [0.3, 0.4) is 0 Å².